The van der Waals surface area contributed by atoms with Crippen LogP contribution in [0.5, 0.6) is 0 Å². The molecule has 24 heteroatoms. The van der Waals surface area contributed by atoms with Crippen molar-refractivity contribution < 1.29 is 65.0 Å². The van der Waals surface area contributed by atoms with Crippen molar-refractivity contribution in [3.63, 3.8) is 0 Å². The lowest BCUT2D eigenvalue weighted by molar-refractivity contribution is -0.254. The second-order valence-corrected chi connectivity index (χ2v) is 24.8. The average molecular weight is 1200 g/mol. The molecule has 2 saturated heterocycles. The first kappa shape index (κ1) is 63.4. The predicted octanol–water partition coefficient (Wildman–Crippen LogP) is 10.4. The van der Waals surface area contributed by atoms with Crippen LogP contribution in [0.15, 0.2) is 48.5 Å². The third-order valence-electron chi connectivity index (χ3n) is 15.1. The summed E-state index contributed by atoms with van der Waals surface area (Å²) in [7, 11) is 0. The number of thiophene rings is 2. The second kappa shape index (κ2) is 28.4. The zero-order valence-corrected chi connectivity index (χ0v) is 48.5. The number of carbonyl (C=O) groups is 7. The molecule has 4 aromatic rings. The molecule has 2 unspecified atom stereocenters. The van der Waals surface area contributed by atoms with E-state index in [2.05, 4.69) is 37.2 Å². The number of hydrogen-bond acceptors (Lipinski definition) is 10. The number of allylic oxidation sites excluding steroid dienone is 2. The van der Waals surface area contributed by atoms with Crippen molar-refractivity contribution in [3.8, 4) is 10.4 Å². The number of aryl methyl sites for hydroxylation is 2. The number of amides is 7. The normalized spacial score (nSPS) is 18.8. The van der Waals surface area contributed by atoms with Crippen LogP contribution in [0.25, 0.3) is 31.7 Å². The number of carboxylic acid groups (broad SMARTS) is 1. The Labute approximate surface area is 484 Å². The van der Waals surface area contributed by atoms with E-state index in [4.69, 9.17) is 0 Å². The third kappa shape index (κ3) is 15.2. The van der Waals surface area contributed by atoms with Crippen molar-refractivity contribution in [1.82, 2.24) is 37.2 Å². The minimum atomic E-state index is -5.72. The van der Waals surface area contributed by atoms with Crippen molar-refractivity contribution >= 4 is 97.2 Å². The highest BCUT2D eigenvalue weighted by molar-refractivity contribution is 8.00. The highest BCUT2D eigenvalue weighted by atomic mass is 32.2. The molecule has 15 nitrogen and oxygen atoms in total. The van der Waals surface area contributed by atoms with E-state index in [1.54, 1.807) is 12.1 Å². The van der Waals surface area contributed by atoms with E-state index in [0.717, 1.165) is 79.8 Å². The van der Waals surface area contributed by atoms with Gasteiger partial charge >= 0.3 is 29.8 Å². The molecule has 2 aromatic heterocycles. The Hall–Kier alpha value is -6.14. The number of unbranched alkanes of at least 4 members (excludes halogenated alkanes) is 6. The Morgan fingerprint density at radius 2 is 1.20 bits per heavy atom. The number of halogens is 6. The summed E-state index contributed by atoms with van der Waals surface area (Å²) in [5.41, 5.74) is -2.90. The number of benzene rings is 2. The smallest absolute Gasteiger partial charge is 0.380 e. The number of fused-ring (bicyclic) bond motifs is 2. The van der Waals surface area contributed by atoms with Gasteiger partial charge in [-0.1, -0.05) is 49.6 Å². The quantitative estimate of drug-likeness (QED) is 0.0136. The number of carbonyl (C=O) groups excluding carboxylic acids is 6. The first-order chi connectivity index (χ1) is 39.0. The van der Waals surface area contributed by atoms with E-state index in [-0.39, 0.29) is 87.1 Å². The van der Waals surface area contributed by atoms with Gasteiger partial charge in [0, 0.05) is 115 Å². The number of alkyl halides is 6. The minimum absolute atomic E-state index is 0.0323. The van der Waals surface area contributed by atoms with E-state index in [1.807, 2.05) is 11.8 Å². The summed E-state index contributed by atoms with van der Waals surface area (Å²) in [6.07, 6.45) is 9.03. The van der Waals surface area contributed by atoms with Crippen LogP contribution in [0.2, 0.25) is 0 Å². The molecule has 82 heavy (non-hydrogen) atoms. The number of hydrogen-bond donors (Lipinski definition) is 8. The van der Waals surface area contributed by atoms with E-state index in [1.165, 1.54) is 57.2 Å². The maximum absolute atomic E-state index is 16.0. The van der Waals surface area contributed by atoms with Crippen LogP contribution in [0.3, 0.4) is 0 Å². The summed E-state index contributed by atoms with van der Waals surface area (Å²) in [5, 5.41) is 29.9. The maximum atomic E-state index is 16.0. The topological polar surface area (TPSA) is 224 Å². The molecule has 0 saturated carbocycles. The molecule has 0 bridgehead atoms. The molecule has 2 aliphatic heterocycles. The van der Waals surface area contributed by atoms with Crippen molar-refractivity contribution in [2.24, 2.45) is 0 Å². The fourth-order valence-corrected chi connectivity index (χ4v) is 14.5. The summed E-state index contributed by atoms with van der Waals surface area (Å²) < 4.78 is 94.8. The highest BCUT2D eigenvalue weighted by Crippen LogP contribution is 2.67. The second-order valence-electron chi connectivity index (χ2n) is 21.1. The Morgan fingerprint density at radius 1 is 0.634 bits per heavy atom. The Kier molecular flexibility index (Phi) is 22.0. The molecule has 446 valence electrons. The first-order valence-electron chi connectivity index (χ1n) is 27.9. The number of carboxylic acids is 1. The molecule has 7 amide bonds. The van der Waals surface area contributed by atoms with Crippen LogP contribution in [-0.4, -0.2) is 120 Å². The molecule has 2 fully saturated rings. The van der Waals surface area contributed by atoms with Gasteiger partial charge in [-0.05, 0) is 108 Å². The number of rotatable bonds is 31. The number of aliphatic carboxylic acids is 1. The predicted molar refractivity (Wildman–Crippen MR) is 308 cm³/mol. The molecular formula is C58H71F6N7O8S3. The lowest BCUT2D eigenvalue weighted by Gasteiger charge is -2.26. The fourth-order valence-electron chi connectivity index (χ4n) is 10.7. The van der Waals surface area contributed by atoms with Gasteiger partial charge in [0.25, 0.3) is 5.91 Å². The van der Waals surface area contributed by atoms with Gasteiger partial charge in [-0.15, -0.1) is 22.7 Å². The lowest BCUT2D eigenvalue weighted by Crippen LogP contribution is -2.49. The minimum Gasteiger partial charge on any atom is -0.480 e. The van der Waals surface area contributed by atoms with Crippen LogP contribution < -0.4 is 37.2 Å². The Balaban J connectivity index is 0.729. The monoisotopic (exact) mass is 1200 g/mol. The standard InChI is InChI=1S/C58H71F6N7O8S3/c1-33-47(49-50(57(61,62)58(63,64)56(49,59)60)48-35(3)81-41-18-9-8-16-38(41)48)34(2)82-52(33)36-23-25-37(26-24-36)53(76)68-31-27-46(75)69-39(54(77)78)17-12-15-30-67-44(73)21-7-5-13-28-65-43(72)20-6-4-14-29-66-45(74)22-11-10-19-42-51-40(32-80-42)70-55(79)71-51/h8-9,16,18,23-26,39-40,42,51H,4-7,10-15,17,19-22,27-32H2,1-3H3,(H,65,72)(H,66,74)(H,67,73)(H,68,76)(H,69,75)(H,77,78)(H2,70,71,79)/t39?,40-,42?,51-/m0/s1. The SMILES string of the molecule is Cc1sc(-c2ccc(C(=O)NCCC(=O)NC(CCCCNC(=O)CCCCCNC(=O)CCCCCNC(=O)CCCCC3SC[C@@H]4NC(=O)N[C@H]34)C(=O)O)cc2)c(C)c1C1=C(c2c(C)sc3ccccc23)C(F)(F)C(F)(F)C1(F)F. The number of nitrogens with one attached hydrogen (secondary N) is 7. The van der Waals surface area contributed by atoms with Crippen molar-refractivity contribution in [2.45, 2.75) is 165 Å². The van der Waals surface area contributed by atoms with Gasteiger partial charge in [0.05, 0.1) is 12.1 Å². The first-order valence-corrected chi connectivity index (χ1v) is 30.6. The fraction of sp³-hybridized carbons (Fsp3) is 0.534. The van der Waals surface area contributed by atoms with Gasteiger partial charge < -0.3 is 42.3 Å². The summed E-state index contributed by atoms with van der Waals surface area (Å²) >= 11 is 3.89. The average Bonchev–Trinajstić information content (AvgIpc) is 3.07. The van der Waals surface area contributed by atoms with Gasteiger partial charge in [-0.3, -0.25) is 24.0 Å². The zero-order valence-electron chi connectivity index (χ0n) is 46.1. The van der Waals surface area contributed by atoms with Crippen molar-refractivity contribution in [2.75, 3.05) is 31.9 Å². The summed E-state index contributed by atoms with van der Waals surface area (Å²) in [6.45, 7) is 5.51. The molecule has 8 N–H and O–H groups in total. The molecule has 4 heterocycles. The van der Waals surface area contributed by atoms with Crippen molar-refractivity contribution in [3.05, 3.63) is 80.5 Å². The molecule has 0 spiro atoms. The molecule has 2 aromatic carbocycles. The molecule has 0 radical (unpaired) electrons. The van der Waals surface area contributed by atoms with Crippen LogP contribution >= 0.6 is 34.4 Å². The molecular weight excluding hydrogens is 1130 g/mol. The van der Waals surface area contributed by atoms with E-state index in [9.17, 15) is 38.7 Å². The van der Waals surface area contributed by atoms with E-state index in [0.29, 0.717) is 78.5 Å². The van der Waals surface area contributed by atoms with E-state index < -0.39 is 58.3 Å². The van der Waals surface area contributed by atoms with Gasteiger partial charge in [0.15, 0.2) is 0 Å². The van der Waals surface area contributed by atoms with Crippen LogP contribution in [0.1, 0.15) is 140 Å². The Bertz CT molecular complexity index is 3010. The molecule has 1 aliphatic carbocycles. The van der Waals surface area contributed by atoms with Gasteiger partial charge in [-0.25, -0.2) is 9.59 Å². The molecule has 4 atom stereocenters. The van der Waals surface area contributed by atoms with Crippen LogP contribution in [0.4, 0.5) is 31.1 Å². The summed E-state index contributed by atoms with van der Waals surface area (Å²) in [6, 6.07) is 11.2. The van der Waals surface area contributed by atoms with Gasteiger partial charge in [0.1, 0.15) is 6.04 Å². The lowest BCUT2D eigenvalue weighted by atomic mass is 9.90. The number of thioether (sulfide) groups is 1. The van der Waals surface area contributed by atoms with Gasteiger partial charge in [0.2, 0.25) is 23.6 Å². The van der Waals surface area contributed by atoms with Crippen molar-refractivity contribution in [1.29, 1.82) is 0 Å². The molecule has 7 rings (SSSR count). The maximum Gasteiger partial charge on any atom is 0.380 e. The van der Waals surface area contributed by atoms with Gasteiger partial charge in [-0.2, -0.15) is 38.1 Å². The summed E-state index contributed by atoms with van der Waals surface area (Å²) in [4.78, 5) is 86.7. The van der Waals surface area contributed by atoms with Crippen LogP contribution in [0, 0.1) is 20.8 Å². The van der Waals surface area contributed by atoms with Crippen LogP contribution in [-0.2, 0) is 24.0 Å². The molecule has 3 aliphatic rings. The zero-order chi connectivity index (χ0) is 59.4. The third-order valence-corrected chi connectivity index (χ3v) is 18.9. The Morgan fingerprint density at radius 3 is 1.80 bits per heavy atom. The number of urea groups is 1. The highest BCUT2D eigenvalue weighted by Gasteiger charge is 2.80. The van der Waals surface area contributed by atoms with E-state index >= 15 is 26.3 Å². The summed E-state index contributed by atoms with van der Waals surface area (Å²) in [5.74, 6) is -17.8. The largest absolute Gasteiger partial charge is 0.480 e.